The van der Waals surface area contributed by atoms with E-state index in [9.17, 15) is 9.18 Å². The first-order chi connectivity index (χ1) is 15.7. The van der Waals surface area contributed by atoms with Crippen LogP contribution in [0.15, 0.2) is 79.1 Å². The number of fused-ring (bicyclic) bond motifs is 1. The molecule has 0 spiro atoms. The third-order valence-electron chi connectivity index (χ3n) is 5.92. The van der Waals surface area contributed by atoms with Crippen LogP contribution in [0.3, 0.4) is 0 Å². The third-order valence-corrected chi connectivity index (χ3v) is 5.92. The molecular formula is C26H23FN4O. The Morgan fingerprint density at radius 2 is 1.72 bits per heavy atom. The molecule has 0 unspecified atom stereocenters. The highest BCUT2D eigenvalue weighted by atomic mass is 19.1. The molecule has 1 aliphatic heterocycles. The van der Waals surface area contributed by atoms with Gasteiger partial charge in [-0.25, -0.2) is 9.37 Å². The number of benzene rings is 2. The van der Waals surface area contributed by atoms with Crippen LogP contribution in [0.5, 0.6) is 0 Å². The Kier molecular flexibility index (Phi) is 5.60. The molecule has 1 amide bonds. The minimum atomic E-state index is -0.183. The standard InChI is InChI=1S/C26H23FN4O/c27-23-9-3-1-6-20(23)18-30-12-14-31(15-13-30)26(32)22-16-25(19-7-5-11-28-17-19)29-24-10-4-2-8-21(22)24/h1-11,16-17H,12-15,18H2. The van der Waals surface area contributed by atoms with Crippen LogP contribution in [0, 0.1) is 5.82 Å². The number of piperazine rings is 1. The number of halogens is 1. The number of carbonyl (C=O) groups is 1. The van der Waals surface area contributed by atoms with Crippen molar-refractivity contribution in [1.29, 1.82) is 0 Å². The van der Waals surface area contributed by atoms with Crippen LogP contribution in [0.1, 0.15) is 15.9 Å². The van der Waals surface area contributed by atoms with Gasteiger partial charge in [0.15, 0.2) is 0 Å². The lowest BCUT2D eigenvalue weighted by atomic mass is 10.0. The van der Waals surface area contributed by atoms with E-state index in [1.165, 1.54) is 6.07 Å². The van der Waals surface area contributed by atoms with Crippen molar-refractivity contribution in [3.8, 4) is 11.3 Å². The van der Waals surface area contributed by atoms with Gasteiger partial charge in [-0.15, -0.1) is 0 Å². The predicted octanol–water partition coefficient (Wildman–Crippen LogP) is 4.39. The highest BCUT2D eigenvalue weighted by Crippen LogP contribution is 2.26. The van der Waals surface area contributed by atoms with Crippen molar-refractivity contribution in [1.82, 2.24) is 19.8 Å². The minimum Gasteiger partial charge on any atom is -0.336 e. The molecule has 3 heterocycles. The molecule has 0 saturated carbocycles. The second-order valence-electron chi connectivity index (χ2n) is 7.97. The molecule has 0 atom stereocenters. The average molecular weight is 426 g/mol. The van der Waals surface area contributed by atoms with Crippen molar-refractivity contribution in [2.45, 2.75) is 6.54 Å². The maximum Gasteiger partial charge on any atom is 0.254 e. The molecule has 1 saturated heterocycles. The molecule has 2 aromatic heterocycles. The number of pyridine rings is 2. The van der Waals surface area contributed by atoms with E-state index in [2.05, 4.69) is 9.88 Å². The molecule has 6 heteroatoms. The lowest BCUT2D eigenvalue weighted by molar-refractivity contribution is 0.0629. The summed E-state index contributed by atoms with van der Waals surface area (Å²) in [6.45, 7) is 3.17. The van der Waals surface area contributed by atoms with Crippen LogP contribution < -0.4 is 0 Å². The van der Waals surface area contributed by atoms with Crippen molar-refractivity contribution in [3.05, 3.63) is 96.1 Å². The number of carbonyl (C=O) groups excluding carboxylic acids is 1. The van der Waals surface area contributed by atoms with Crippen LogP contribution in [-0.2, 0) is 6.54 Å². The topological polar surface area (TPSA) is 49.3 Å². The van der Waals surface area contributed by atoms with Crippen molar-refractivity contribution in [3.63, 3.8) is 0 Å². The van der Waals surface area contributed by atoms with Crippen LogP contribution in [0.2, 0.25) is 0 Å². The lowest BCUT2D eigenvalue weighted by Crippen LogP contribution is -2.48. The number of rotatable bonds is 4. The molecule has 32 heavy (non-hydrogen) atoms. The van der Waals surface area contributed by atoms with Gasteiger partial charge in [-0.1, -0.05) is 36.4 Å². The number of nitrogens with zero attached hydrogens (tertiary/aromatic N) is 4. The molecular weight excluding hydrogens is 403 g/mol. The van der Waals surface area contributed by atoms with Gasteiger partial charge in [0.25, 0.3) is 5.91 Å². The van der Waals surface area contributed by atoms with Gasteiger partial charge in [0.05, 0.1) is 16.8 Å². The summed E-state index contributed by atoms with van der Waals surface area (Å²) in [6.07, 6.45) is 3.48. The van der Waals surface area contributed by atoms with Gasteiger partial charge in [-0.3, -0.25) is 14.7 Å². The van der Waals surface area contributed by atoms with Crippen molar-refractivity contribution in [2.24, 2.45) is 0 Å². The number of hydrogen-bond donors (Lipinski definition) is 0. The van der Waals surface area contributed by atoms with E-state index in [1.807, 2.05) is 59.5 Å². The fraction of sp³-hybridized carbons (Fsp3) is 0.192. The molecule has 5 rings (SSSR count). The van der Waals surface area contributed by atoms with Gasteiger partial charge in [0.2, 0.25) is 0 Å². The maximum absolute atomic E-state index is 14.0. The first kappa shape index (κ1) is 20.3. The first-order valence-corrected chi connectivity index (χ1v) is 10.7. The summed E-state index contributed by atoms with van der Waals surface area (Å²) in [5.41, 5.74) is 3.74. The molecule has 160 valence electrons. The van der Waals surface area contributed by atoms with Gasteiger partial charge < -0.3 is 4.90 Å². The highest BCUT2D eigenvalue weighted by molar-refractivity contribution is 6.07. The van der Waals surface area contributed by atoms with E-state index in [0.29, 0.717) is 43.9 Å². The third kappa shape index (κ3) is 4.09. The van der Waals surface area contributed by atoms with Crippen LogP contribution in [-0.4, -0.2) is 51.9 Å². The molecule has 5 nitrogen and oxygen atoms in total. The zero-order valence-electron chi connectivity index (χ0n) is 17.6. The largest absolute Gasteiger partial charge is 0.336 e. The fourth-order valence-corrected chi connectivity index (χ4v) is 4.16. The summed E-state index contributed by atoms with van der Waals surface area (Å²) in [4.78, 5) is 26.5. The summed E-state index contributed by atoms with van der Waals surface area (Å²) >= 11 is 0. The van der Waals surface area contributed by atoms with Crippen molar-refractivity contribution >= 4 is 16.8 Å². The second kappa shape index (κ2) is 8.85. The second-order valence-corrected chi connectivity index (χ2v) is 7.97. The van der Waals surface area contributed by atoms with Gasteiger partial charge in [-0.2, -0.15) is 0 Å². The Morgan fingerprint density at radius 1 is 0.938 bits per heavy atom. The number of amides is 1. The quantitative estimate of drug-likeness (QED) is 0.486. The first-order valence-electron chi connectivity index (χ1n) is 10.7. The molecule has 0 bridgehead atoms. The van der Waals surface area contributed by atoms with E-state index < -0.39 is 0 Å². The Bertz CT molecular complexity index is 1250. The monoisotopic (exact) mass is 426 g/mol. The zero-order valence-corrected chi connectivity index (χ0v) is 17.6. The molecule has 0 N–H and O–H groups in total. The normalized spacial score (nSPS) is 14.6. The molecule has 1 aliphatic rings. The highest BCUT2D eigenvalue weighted by Gasteiger charge is 2.24. The lowest BCUT2D eigenvalue weighted by Gasteiger charge is -2.35. The van der Waals surface area contributed by atoms with Crippen molar-refractivity contribution < 1.29 is 9.18 Å². The summed E-state index contributed by atoms with van der Waals surface area (Å²) < 4.78 is 14.0. The summed E-state index contributed by atoms with van der Waals surface area (Å²) in [5, 5.41) is 0.846. The number of para-hydroxylation sites is 1. The smallest absolute Gasteiger partial charge is 0.254 e. The van der Waals surface area contributed by atoms with Crippen LogP contribution >= 0.6 is 0 Å². The zero-order chi connectivity index (χ0) is 21.9. The molecule has 0 aliphatic carbocycles. The van der Waals surface area contributed by atoms with Crippen LogP contribution in [0.25, 0.3) is 22.2 Å². The summed E-state index contributed by atoms with van der Waals surface area (Å²) in [5.74, 6) is -0.184. The summed E-state index contributed by atoms with van der Waals surface area (Å²) in [7, 11) is 0. The van der Waals surface area contributed by atoms with E-state index in [1.54, 1.807) is 18.5 Å². The van der Waals surface area contributed by atoms with E-state index >= 15 is 0 Å². The summed E-state index contributed by atoms with van der Waals surface area (Å²) in [6, 6.07) is 20.3. The Balaban J connectivity index is 1.38. The van der Waals surface area contributed by atoms with Gasteiger partial charge in [-0.05, 0) is 30.3 Å². The Hall–Kier alpha value is -3.64. The van der Waals surface area contributed by atoms with E-state index in [4.69, 9.17) is 4.98 Å². The maximum atomic E-state index is 14.0. The van der Waals surface area contributed by atoms with E-state index in [0.717, 1.165) is 22.2 Å². The SMILES string of the molecule is O=C(c1cc(-c2cccnc2)nc2ccccc12)N1CCN(Cc2ccccc2F)CC1. The van der Waals surface area contributed by atoms with Crippen LogP contribution in [0.4, 0.5) is 4.39 Å². The van der Waals surface area contributed by atoms with E-state index in [-0.39, 0.29) is 11.7 Å². The molecule has 0 radical (unpaired) electrons. The number of aromatic nitrogens is 2. The van der Waals surface area contributed by atoms with Gasteiger partial charge in [0, 0.05) is 61.6 Å². The number of hydrogen-bond acceptors (Lipinski definition) is 4. The molecule has 1 fully saturated rings. The minimum absolute atomic E-state index is 0.000665. The van der Waals surface area contributed by atoms with Gasteiger partial charge >= 0.3 is 0 Å². The Morgan fingerprint density at radius 3 is 2.50 bits per heavy atom. The predicted molar refractivity (Wildman–Crippen MR) is 123 cm³/mol. The van der Waals surface area contributed by atoms with Gasteiger partial charge in [0.1, 0.15) is 5.82 Å². The molecule has 4 aromatic rings. The van der Waals surface area contributed by atoms with Crippen molar-refractivity contribution in [2.75, 3.05) is 26.2 Å². The Labute approximate surface area is 186 Å². The average Bonchev–Trinajstić information content (AvgIpc) is 2.85. The molecule has 2 aromatic carbocycles. The fourth-order valence-electron chi connectivity index (χ4n) is 4.16.